The van der Waals surface area contributed by atoms with E-state index in [1.807, 2.05) is 12.1 Å². The van der Waals surface area contributed by atoms with Crippen LogP contribution in [0.2, 0.25) is 0 Å². The van der Waals surface area contributed by atoms with E-state index >= 15 is 0 Å². The molecule has 0 unspecified atom stereocenters. The molecule has 1 aromatic rings. The maximum Gasteiger partial charge on any atom is 0.237 e. The molecule has 3 N–H and O–H groups in total. The van der Waals surface area contributed by atoms with Crippen LogP contribution in [0, 0.1) is 0 Å². The molecule has 1 saturated heterocycles. The van der Waals surface area contributed by atoms with Crippen LogP contribution in [0.1, 0.15) is 32.1 Å². The highest BCUT2D eigenvalue weighted by molar-refractivity contribution is 5.95. The third-order valence-electron chi connectivity index (χ3n) is 4.57. The molecule has 6 heteroatoms. The van der Waals surface area contributed by atoms with Crippen LogP contribution < -0.4 is 20.7 Å². The number of amides is 2. The largest absolute Gasteiger partial charge is 0.497 e. The fraction of sp³-hybridized carbons (Fsp3) is 0.529. The van der Waals surface area contributed by atoms with Crippen molar-refractivity contribution in [3.63, 3.8) is 0 Å². The Morgan fingerprint density at radius 1 is 1.30 bits per heavy atom. The summed E-state index contributed by atoms with van der Waals surface area (Å²) in [6.07, 6.45) is 4.54. The Morgan fingerprint density at radius 2 is 2.09 bits per heavy atom. The number of methoxy groups -OCH3 is 1. The molecule has 23 heavy (non-hydrogen) atoms. The number of ether oxygens (including phenoxy) is 1. The second kappa shape index (κ2) is 7.00. The average molecular weight is 317 g/mol. The van der Waals surface area contributed by atoms with Gasteiger partial charge >= 0.3 is 0 Å². The van der Waals surface area contributed by atoms with E-state index in [0.29, 0.717) is 11.4 Å². The van der Waals surface area contributed by atoms with Crippen LogP contribution in [0.25, 0.3) is 0 Å². The van der Waals surface area contributed by atoms with Crippen molar-refractivity contribution in [3.8, 4) is 5.75 Å². The molecular formula is C17H23N3O3. The van der Waals surface area contributed by atoms with Gasteiger partial charge in [-0.2, -0.15) is 0 Å². The number of benzene rings is 1. The first-order valence-corrected chi connectivity index (χ1v) is 8.16. The molecule has 1 saturated carbocycles. The number of anilines is 1. The zero-order valence-electron chi connectivity index (χ0n) is 13.3. The number of hydrogen-bond donors (Lipinski definition) is 3. The van der Waals surface area contributed by atoms with E-state index in [1.54, 1.807) is 19.2 Å². The van der Waals surface area contributed by atoms with Gasteiger partial charge in [-0.05, 0) is 25.0 Å². The highest BCUT2D eigenvalue weighted by Gasteiger charge is 2.36. The van der Waals surface area contributed by atoms with Crippen LogP contribution in [0.15, 0.2) is 24.3 Å². The summed E-state index contributed by atoms with van der Waals surface area (Å²) in [4.78, 5) is 24.4. The summed E-state index contributed by atoms with van der Waals surface area (Å²) < 4.78 is 5.13. The average Bonchev–Trinajstić information content (AvgIpc) is 2.55. The van der Waals surface area contributed by atoms with Crippen LogP contribution >= 0.6 is 0 Å². The van der Waals surface area contributed by atoms with Crippen molar-refractivity contribution in [3.05, 3.63) is 24.3 Å². The van der Waals surface area contributed by atoms with Gasteiger partial charge in [-0.3, -0.25) is 9.59 Å². The van der Waals surface area contributed by atoms with E-state index in [2.05, 4.69) is 16.0 Å². The molecule has 3 rings (SSSR count). The van der Waals surface area contributed by atoms with E-state index in [-0.39, 0.29) is 30.3 Å². The van der Waals surface area contributed by atoms with E-state index in [9.17, 15) is 9.59 Å². The van der Waals surface area contributed by atoms with E-state index in [0.717, 1.165) is 19.3 Å². The van der Waals surface area contributed by atoms with Gasteiger partial charge in [0.15, 0.2) is 0 Å². The number of fused-ring (bicyclic) bond motifs is 1. The first-order chi connectivity index (χ1) is 11.2. The van der Waals surface area contributed by atoms with Gasteiger partial charge in [0.25, 0.3) is 0 Å². The zero-order chi connectivity index (χ0) is 16.2. The predicted octanol–water partition coefficient (Wildman–Crippen LogP) is 1.42. The van der Waals surface area contributed by atoms with E-state index in [1.165, 1.54) is 6.42 Å². The Hall–Kier alpha value is -2.08. The quantitative estimate of drug-likeness (QED) is 0.785. The Labute approximate surface area is 136 Å². The predicted molar refractivity (Wildman–Crippen MR) is 87.4 cm³/mol. The van der Waals surface area contributed by atoms with E-state index < -0.39 is 6.04 Å². The van der Waals surface area contributed by atoms with Gasteiger partial charge in [-0.1, -0.05) is 18.9 Å². The minimum absolute atomic E-state index is 0.0751. The number of carbonyl (C=O) groups excluding carboxylic acids is 2. The number of piperazine rings is 1. The summed E-state index contributed by atoms with van der Waals surface area (Å²) in [5.74, 6) is 0.426. The number of carbonyl (C=O) groups is 2. The molecule has 1 aliphatic carbocycles. The standard InChI is InChI=1S/C17H23N3O3/c1-23-12-6-4-5-11(9-12)18-16(21)10-15-17(22)20-14-8-3-2-7-13(14)19-15/h4-6,9,13-15,19H,2-3,7-8,10H2,1H3,(H,18,21)(H,20,22)/t13-,14+,15-/m1/s1. The number of hydrogen-bond acceptors (Lipinski definition) is 4. The second-order valence-corrected chi connectivity index (χ2v) is 6.21. The van der Waals surface area contributed by atoms with Crippen LogP contribution in [0.4, 0.5) is 5.69 Å². The lowest BCUT2D eigenvalue weighted by molar-refractivity contribution is -0.129. The van der Waals surface area contributed by atoms with Crippen LogP contribution in [-0.4, -0.2) is 37.0 Å². The molecule has 2 aliphatic rings. The fourth-order valence-corrected chi connectivity index (χ4v) is 3.37. The van der Waals surface area contributed by atoms with Crippen molar-refractivity contribution in [1.82, 2.24) is 10.6 Å². The van der Waals surface area contributed by atoms with Gasteiger partial charge in [0.1, 0.15) is 5.75 Å². The molecule has 1 heterocycles. The third-order valence-corrected chi connectivity index (χ3v) is 4.57. The third kappa shape index (κ3) is 3.82. The topological polar surface area (TPSA) is 79.5 Å². The van der Waals surface area contributed by atoms with Gasteiger partial charge in [0, 0.05) is 23.8 Å². The molecule has 0 bridgehead atoms. The molecule has 1 aliphatic heterocycles. The number of rotatable bonds is 4. The molecule has 0 spiro atoms. The molecule has 1 aromatic carbocycles. The molecule has 0 aromatic heterocycles. The first-order valence-electron chi connectivity index (χ1n) is 8.16. The Balaban J connectivity index is 1.57. The van der Waals surface area contributed by atoms with Gasteiger partial charge < -0.3 is 20.7 Å². The van der Waals surface area contributed by atoms with Gasteiger partial charge in [0.2, 0.25) is 11.8 Å². The summed E-state index contributed by atoms with van der Waals surface area (Å²) in [6, 6.07) is 7.22. The van der Waals surface area contributed by atoms with Crippen LogP contribution in [0.3, 0.4) is 0 Å². The normalized spacial score (nSPS) is 26.8. The molecule has 2 fully saturated rings. The minimum atomic E-state index is -0.458. The maximum atomic E-state index is 12.2. The smallest absolute Gasteiger partial charge is 0.237 e. The SMILES string of the molecule is COc1cccc(NC(=O)C[C@H]2N[C@@H]3CCCC[C@@H]3NC2=O)c1. The highest BCUT2D eigenvalue weighted by atomic mass is 16.5. The molecule has 2 amide bonds. The van der Waals surface area contributed by atoms with Crippen LogP contribution in [0.5, 0.6) is 5.75 Å². The second-order valence-electron chi connectivity index (χ2n) is 6.21. The lowest BCUT2D eigenvalue weighted by atomic mass is 9.87. The summed E-state index contributed by atoms with van der Waals surface area (Å²) in [7, 11) is 1.58. The molecule has 0 radical (unpaired) electrons. The van der Waals surface area contributed by atoms with Crippen molar-refractivity contribution < 1.29 is 14.3 Å². The summed E-state index contributed by atoms with van der Waals surface area (Å²) >= 11 is 0. The number of nitrogens with one attached hydrogen (secondary N) is 3. The van der Waals surface area contributed by atoms with Gasteiger partial charge in [-0.15, -0.1) is 0 Å². The minimum Gasteiger partial charge on any atom is -0.497 e. The van der Waals surface area contributed by atoms with Crippen molar-refractivity contribution in [1.29, 1.82) is 0 Å². The molecule has 124 valence electrons. The zero-order valence-corrected chi connectivity index (χ0v) is 13.3. The molecular weight excluding hydrogens is 294 g/mol. The van der Waals surface area contributed by atoms with Gasteiger partial charge in [0.05, 0.1) is 19.6 Å². The van der Waals surface area contributed by atoms with E-state index in [4.69, 9.17) is 4.74 Å². The van der Waals surface area contributed by atoms with Gasteiger partial charge in [-0.25, -0.2) is 0 Å². The Bertz CT molecular complexity index is 590. The Kier molecular flexibility index (Phi) is 4.81. The monoisotopic (exact) mass is 317 g/mol. The van der Waals surface area contributed by atoms with Crippen molar-refractivity contribution in [2.24, 2.45) is 0 Å². The summed E-state index contributed by atoms with van der Waals surface area (Å²) in [5.41, 5.74) is 0.668. The lowest BCUT2D eigenvalue weighted by Crippen LogP contribution is -2.65. The fourth-order valence-electron chi connectivity index (χ4n) is 3.37. The summed E-state index contributed by atoms with van der Waals surface area (Å²) in [6.45, 7) is 0. The van der Waals surface area contributed by atoms with Crippen molar-refractivity contribution in [2.45, 2.75) is 50.2 Å². The Morgan fingerprint density at radius 3 is 2.87 bits per heavy atom. The highest BCUT2D eigenvalue weighted by Crippen LogP contribution is 2.22. The summed E-state index contributed by atoms with van der Waals surface area (Å²) in [5, 5.41) is 9.22. The molecule has 6 nitrogen and oxygen atoms in total. The maximum absolute atomic E-state index is 12.2. The molecule has 3 atom stereocenters. The van der Waals surface area contributed by atoms with Crippen molar-refractivity contribution >= 4 is 17.5 Å². The first kappa shape index (κ1) is 15.8. The van der Waals surface area contributed by atoms with Crippen molar-refractivity contribution in [2.75, 3.05) is 12.4 Å². The van der Waals surface area contributed by atoms with Crippen LogP contribution in [-0.2, 0) is 9.59 Å². The lowest BCUT2D eigenvalue weighted by Gasteiger charge is -2.40.